The van der Waals surface area contributed by atoms with Crippen LogP contribution < -0.4 is 33.8 Å². The molecule has 0 unspecified atom stereocenters. The molecule has 0 radical (unpaired) electrons. The van der Waals surface area contributed by atoms with Crippen molar-refractivity contribution < 1.29 is 28.5 Å². The van der Waals surface area contributed by atoms with E-state index in [1.54, 1.807) is 30.7 Å². The molecule has 0 bridgehead atoms. The molecule has 2 aromatic carbocycles. The first-order valence-corrected chi connectivity index (χ1v) is 14.1. The van der Waals surface area contributed by atoms with Crippen LogP contribution in [0, 0.1) is 0 Å². The van der Waals surface area contributed by atoms with Crippen molar-refractivity contribution in [3.8, 4) is 23.0 Å². The maximum atomic E-state index is 14.0. The number of aromatic nitrogens is 1. The second kappa shape index (κ2) is 11.6. The highest BCUT2D eigenvalue weighted by molar-refractivity contribution is 7.07. The summed E-state index contributed by atoms with van der Waals surface area (Å²) in [7, 11) is 1.58. The molecule has 3 heterocycles. The number of hydrogen-bond donors (Lipinski definition) is 0. The zero-order chi connectivity index (χ0) is 28.4. The molecule has 0 aliphatic carbocycles. The molecule has 1 atom stereocenters. The minimum absolute atomic E-state index is 0.00877. The van der Waals surface area contributed by atoms with Crippen molar-refractivity contribution in [2.45, 2.75) is 52.7 Å². The van der Waals surface area contributed by atoms with E-state index in [2.05, 4.69) is 0 Å². The number of esters is 1. The van der Waals surface area contributed by atoms with Crippen LogP contribution >= 0.6 is 11.3 Å². The van der Waals surface area contributed by atoms with E-state index < -0.39 is 12.0 Å². The van der Waals surface area contributed by atoms with Gasteiger partial charge in [0.2, 0.25) is 6.79 Å². The van der Waals surface area contributed by atoms with Gasteiger partial charge in [0.05, 0.1) is 41.7 Å². The van der Waals surface area contributed by atoms with Crippen LogP contribution in [0.2, 0.25) is 0 Å². The Kier molecular flexibility index (Phi) is 7.97. The minimum atomic E-state index is -0.732. The van der Waals surface area contributed by atoms with Gasteiger partial charge in [-0.25, -0.2) is 9.79 Å². The molecule has 210 valence electrons. The molecule has 40 heavy (non-hydrogen) atoms. The Bertz CT molecular complexity index is 1650. The maximum Gasteiger partial charge on any atom is 0.338 e. The average Bonchev–Trinajstić information content (AvgIpc) is 3.52. The number of nitrogens with zero attached hydrogens (tertiary/aromatic N) is 2. The van der Waals surface area contributed by atoms with Gasteiger partial charge in [-0.3, -0.25) is 9.36 Å². The van der Waals surface area contributed by atoms with Crippen molar-refractivity contribution in [3.63, 3.8) is 0 Å². The highest BCUT2D eigenvalue weighted by Crippen LogP contribution is 2.39. The van der Waals surface area contributed by atoms with Crippen LogP contribution in [0.1, 0.15) is 57.7 Å². The number of thiazole rings is 1. The Morgan fingerprint density at radius 3 is 2.67 bits per heavy atom. The minimum Gasteiger partial charge on any atom is -0.493 e. The van der Waals surface area contributed by atoms with Crippen LogP contribution in [0.5, 0.6) is 23.0 Å². The number of carbonyl (C=O) groups excluding carboxylic acids is 1. The van der Waals surface area contributed by atoms with Crippen molar-refractivity contribution in [3.05, 3.63) is 78.5 Å². The Morgan fingerprint density at radius 2 is 1.95 bits per heavy atom. The SMILES string of the molecule is CCCC1=C(C(=O)OCC)[C@H](c2ccc3c(c2)OCO3)n2c(s/c(=C\c3ccc(OC(C)C)c(OC)c3)c2=O)=N1. The van der Waals surface area contributed by atoms with Crippen molar-refractivity contribution in [1.29, 1.82) is 0 Å². The molecular weight excluding hydrogens is 532 g/mol. The number of rotatable bonds is 9. The topological polar surface area (TPSA) is 97.6 Å². The van der Waals surface area contributed by atoms with Crippen molar-refractivity contribution in [2.24, 2.45) is 4.99 Å². The molecule has 2 aliphatic rings. The zero-order valence-electron chi connectivity index (χ0n) is 23.2. The highest BCUT2D eigenvalue weighted by atomic mass is 32.1. The van der Waals surface area contributed by atoms with Crippen LogP contribution in [-0.4, -0.2) is 37.1 Å². The van der Waals surface area contributed by atoms with Gasteiger partial charge in [-0.05, 0) is 68.7 Å². The van der Waals surface area contributed by atoms with Gasteiger partial charge in [-0.1, -0.05) is 36.8 Å². The molecule has 0 saturated heterocycles. The van der Waals surface area contributed by atoms with Crippen molar-refractivity contribution in [1.82, 2.24) is 4.57 Å². The van der Waals surface area contributed by atoms with Crippen LogP contribution in [0.4, 0.5) is 0 Å². The van der Waals surface area contributed by atoms with Gasteiger partial charge in [0.1, 0.15) is 0 Å². The average molecular weight is 565 g/mol. The van der Waals surface area contributed by atoms with E-state index >= 15 is 0 Å². The number of carbonyl (C=O) groups is 1. The number of benzene rings is 2. The van der Waals surface area contributed by atoms with E-state index in [1.165, 1.54) is 11.3 Å². The summed E-state index contributed by atoms with van der Waals surface area (Å²) in [5.74, 6) is 1.89. The summed E-state index contributed by atoms with van der Waals surface area (Å²) in [5.41, 5.74) is 2.20. The molecule has 10 heteroatoms. The summed E-state index contributed by atoms with van der Waals surface area (Å²) in [4.78, 5) is 32.7. The summed E-state index contributed by atoms with van der Waals surface area (Å²) in [6.45, 7) is 8.00. The van der Waals surface area contributed by atoms with Gasteiger partial charge >= 0.3 is 5.97 Å². The largest absolute Gasteiger partial charge is 0.493 e. The lowest BCUT2D eigenvalue weighted by Crippen LogP contribution is -2.40. The third kappa shape index (κ3) is 5.23. The van der Waals surface area contributed by atoms with E-state index in [9.17, 15) is 9.59 Å². The van der Waals surface area contributed by atoms with E-state index in [0.717, 1.165) is 12.0 Å². The molecule has 0 spiro atoms. The molecule has 0 N–H and O–H groups in total. The summed E-state index contributed by atoms with van der Waals surface area (Å²) < 4.78 is 30.0. The zero-order valence-corrected chi connectivity index (χ0v) is 24.0. The monoisotopic (exact) mass is 564 g/mol. The fourth-order valence-electron chi connectivity index (χ4n) is 4.80. The molecule has 3 aromatic rings. The normalized spacial score (nSPS) is 16.1. The summed E-state index contributed by atoms with van der Waals surface area (Å²) in [6.07, 6.45) is 3.13. The molecule has 5 rings (SSSR count). The third-order valence-corrected chi connectivity index (χ3v) is 7.44. The molecule has 0 fully saturated rings. The Hall–Kier alpha value is -4.05. The van der Waals surface area contributed by atoms with Gasteiger partial charge in [0, 0.05) is 0 Å². The molecule has 9 nitrogen and oxygen atoms in total. The predicted octanol–water partition coefficient (Wildman–Crippen LogP) is 4.10. The van der Waals surface area contributed by atoms with Gasteiger partial charge < -0.3 is 23.7 Å². The highest BCUT2D eigenvalue weighted by Gasteiger charge is 2.35. The first-order chi connectivity index (χ1) is 19.3. The number of ether oxygens (including phenoxy) is 5. The molecule has 0 amide bonds. The van der Waals surface area contributed by atoms with Crippen LogP contribution in [0.25, 0.3) is 6.08 Å². The number of methoxy groups -OCH3 is 1. The second-order valence-corrected chi connectivity index (χ2v) is 10.6. The quantitative estimate of drug-likeness (QED) is 0.361. The lowest BCUT2D eigenvalue weighted by atomic mass is 9.94. The van der Waals surface area contributed by atoms with E-state index in [0.29, 0.717) is 55.6 Å². The summed E-state index contributed by atoms with van der Waals surface area (Å²) >= 11 is 1.28. The van der Waals surface area contributed by atoms with E-state index in [4.69, 9.17) is 28.7 Å². The predicted molar refractivity (Wildman–Crippen MR) is 151 cm³/mol. The van der Waals surface area contributed by atoms with E-state index in [-0.39, 0.29) is 25.1 Å². The van der Waals surface area contributed by atoms with Crippen LogP contribution in [-0.2, 0) is 9.53 Å². The lowest BCUT2D eigenvalue weighted by Gasteiger charge is -2.25. The Labute approximate surface area is 235 Å². The van der Waals surface area contributed by atoms with Gasteiger partial charge in [0.25, 0.3) is 5.56 Å². The number of allylic oxidation sites excluding steroid dienone is 1. The van der Waals surface area contributed by atoms with Crippen molar-refractivity contribution in [2.75, 3.05) is 20.5 Å². The standard InChI is InChI=1S/C30H32N2O7S/c1-6-8-20-26(29(34)36-7-2)27(19-10-12-21-24(15-19)38-16-37-21)32-28(33)25(40-30(32)31-20)14-18-9-11-22(39-17(3)4)23(13-18)35-5/h9-15,17,27H,6-8,16H2,1-5H3/b25-14-/t27-/m0/s1. The van der Waals surface area contributed by atoms with Gasteiger partial charge in [-0.2, -0.15) is 0 Å². The molecular formula is C30H32N2O7S. The maximum absolute atomic E-state index is 14.0. The Balaban J connectivity index is 1.69. The fraction of sp³-hybridized carbons (Fsp3) is 0.367. The van der Waals surface area contributed by atoms with Crippen LogP contribution in [0.15, 0.2) is 57.5 Å². The third-order valence-electron chi connectivity index (χ3n) is 6.45. The first kappa shape index (κ1) is 27.5. The summed E-state index contributed by atoms with van der Waals surface area (Å²) in [6, 6.07) is 10.3. The molecule has 1 aromatic heterocycles. The van der Waals surface area contributed by atoms with Gasteiger partial charge in [0.15, 0.2) is 27.8 Å². The van der Waals surface area contributed by atoms with Crippen molar-refractivity contribution >= 4 is 23.4 Å². The van der Waals surface area contributed by atoms with Gasteiger partial charge in [-0.15, -0.1) is 0 Å². The number of hydrogen-bond acceptors (Lipinski definition) is 9. The molecule has 0 saturated carbocycles. The van der Waals surface area contributed by atoms with E-state index in [1.807, 2.05) is 51.1 Å². The fourth-order valence-corrected chi connectivity index (χ4v) is 5.82. The summed E-state index contributed by atoms with van der Waals surface area (Å²) in [5, 5.41) is 0. The second-order valence-electron chi connectivity index (χ2n) is 9.60. The Morgan fingerprint density at radius 1 is 1.15 bits per heavy atom. The lowest BCUT2D eigenvalue weighted by molar-refractivity contribution is -0.139. The first-order valence-electron chi connectivity index (χ1n) is 13.3. The van der Waals surface area contributed by atoms with Crippen LogP contribution in [0.3, 0.4) is 0 Å². The molecule has 2 aliphatic heterocycles. The number of fused-ring (bicyclic) bond motifs is 2. The smallest absolute Gasteiger partial charge is 0.338 e.